The number of hydrogen-bond donors (Lipinski definition) is 0. The van der Waals surface area contributed by atoms with Crippen molar-refractivity contribution in [1.29, 1.82) is 0 Å². The molecule has 0 saturated carbocycles. The second-order valence-corrected chi connectivity index (χ2v) is 3.68. The van der Waals surface area contributed by atoms with Crippen LogP contribution in [0.4, 0.5) is 17.2 Å². The van der Waals surface area contributed by atoms with E-state index in [1.54, 1.807) is 6.20 Å². The van der Waals surface area contributed by atoms with E-state index in [1.807, 2.05) is 58.7 Å². The van der Waals surface area contributed by atoms with Crippen LogP contribution in [0.15, 0.2) is 48.7 Å². The van der Waals surface area contributed by atoms with Crippen molar-refractivity contribution in [3.8, 4) is 0 Å². The van der Waals surface area contributed by atoms with Crippen LogP contribution in [0.25, 0.3) is 0 Å². The van der Waals surface area contributed by atoms with E-state index in [1.165, 1.54) is 0 Å². The molecule has 1 aromatic carbocycles. The number of aromatic nitrogens is 1. The van der Waals surface area contributed by atoms with Crippen LogP contribution in [-0.2, 0) is 0 Å². The van der Waals surface area contributed by atoms with E-state index < -0.39 is 0 Å². The average Bonchev–Trinajstić information content (AvgIpc) is 2.69. The Morgan fingerprint density at radius 2 is 1.88 bits per heavy atom. The first-order valence-electron chi connectivity index (χ1n) is 5.16. The fourth-order valence-electron chi connectivity index (χ4n) is 1.83. The lowest BCUT2D eigenvalue weighted by Gasteiger charge is -1.91. The van der Waals surface area contributed by atoms with Crippen molar-refractivity contribution in [2.24, 2.45) is 0 Å². The standard InChI is InChI=1S/C13H11N3/c1-15-10-16(11-6-3-2-4-7-11)13-12(15)8-5-9-14-13/h2-9H,1H3/q+2. The van der Waals surface area contributed by atoms with Crippen molar-refractivity contribution in [3.63, 3.8) is 0 Å². The molecule has 0 saturated heterocycles. The van der Waals surface area contributed by atoms with Crippen LogP contribution in [0, 0.1) is 0 Å². The van der Waals surface area contributed by atoms with Crippen LogP contribution in [0.5, 0.6) is 0 Å². The molecule has 0 fully saturated rings. The second kappa shape index (κ2) is 3.40. The van der Waals surface area contributed by atoms with E-state index >= 15 is 0 Å². The molecule has 3 nitrogen and oxygen atoms in total. The fourth-order valence-corrected chi connectivity index (χ4v) is 1.83. The Labute approximate surface area is 93.6 Å². The Balaban J connectivity index is 2.22. The van der Waals surface area contributed by atoms with Crippen LogP contribution in [-0.4, -0.2) is 22.6 Å². The highest BCUT2D eigenvalue weighted by Crippen LogP contribution is 2.29. The molecule has 0 spiro atoms. The van der Waals surface area contributed by atoms with Crippen molar-refractivity contribution in [2.45, 2.75) is 0 Å². The normalized spacial score (nSPS) is 13.1. The molecule has 2 heterocycles. The van der Waals surface area contributed by atoms with Crippen molar-refractivity contribution in [1.82, 2.24) is 9.56 Å². The van der Waals surface area contributed by atoms with Crippen molar-refractivity contribution >= 4 is 23.2 Å². The van der Waals surface area contributed by atoms with Gasteiger partial charge < -0.3 is 0 Å². The van der Waals surface area contributed by atoms with Crippen LogP contribution in [0.1, 0.15) is 0 Å². The van der Waals surface area contributed by atoms with Gasteiger partial charge in [0.25, 0.3) is 0 Å². The van der Waals surface area contributed by atoms with Gasteiger partial charge in [0.1, 0.15) is 0 Å². The molecule has 76 valence electrons. The van der Waals surface area contributed by atoms with Gasteiger partial charge in [-0.15, -0.1) is 0 Å². The minimum Gasteiger partial charge on any atom is -0.188 e. The summed E-state index contributed by atoms with van der Waals surface area (Å²) in [4.78, 5) is 4.39. The first kappa shape index (κ1) is 9.01. The monoisotopic (exact) mass is 209 g/mol. The van der Waals surface area contributed by atoms with Crippen LogP contribution >= 0.6 is 0 Å². The fraction of sp³-hybridized carbons (Fsp3) is 0.0769. The maximum Gasteiger partial charge on any atom is 0.497 e. The molecular formula is C13H11N3+2. The Kier molecular flexibility index (Phi) is 1.92. The largest absolute Gasteiger partial charge is 0.497 e. The summed E-state index contributed by atoms with van der Waals surface area (Å²) in [5.74, 6) is 0.927. The molecule has 1 aliphatic rings. The van der Waals surface area contributed by atoms with Gasteiger partial charge in [0, 0.05) is 24.4 Å². The number of pyridine rings is 1. The Hall–Kier alpha value is -2.25. The van der Waals surface area contributed by atoms with E-state index in [4.69, 9.17) is 0 Å². The van der Waals surface area contributed by atoms with Crippen LogP contribution < -0.4 is 4.58 Å². The van der Waals surface area contributed by atoms with E-state index in [-0.39, 0.29) is 0 Å². The molecule has 3 heteroatoms. The molecule has 2 aromatic rings. The molecule has 1 aliphatic heterocycles. The van der Waals surface area contributed by atoms with Gasteiger partial charge in [0.2, 0.25) is 5.69 Å². The van der Waals surface area contributed by atoms with Gasteiger partial charge in [0.15, 0.2) is 7.05 Å². The molecule has 0 N–H and O–H groups in total. The zero-order valence-corrected chi connectivity index (χ0v) is 8.96. The molecule has 0 amide bonds. The number of fused-ring (bicyclic) bond motifs is 1. The summed E-state index contributed by atoms with van der Waals surface area (Å²) in [6, 6.07) is 17.3. The van der Waals surface area contributed by atoms with Gasteiger partial charge in [-0.05, 0) is 10.6 Å². The quantitative estimate of drug-likeness (QED) is 0.660. The van der Waals surface area contributed by atoms with E-state index in [0.717, 1.165) is 17.2 Å². The maximum atomic E-state index is 4.39. The average molecular weight is 209 g/mol. The summed E-state index contributed by atoms with van der Waals surface area (Å²) in [5.41, 5.74) is 2.15. The highest BCUT2D eigenvalue weighted by molar-refractivity contribution is 5.70. The lowest BCUT2D eigenvalue weighted by molar-refractivity contribution is -0.394. The third-order valence-electron chi connectivity index (χ3n) is 2.60. The summed E-state index contributed by atoms with van der Waals surface area (Å²) in [5, 5.41) is 0. The molecule has 16 heavy (non-hydrogen) atoms. The zero-order chi connectivity index (χ0) is 11.0. The lowest BCUT2D eigenvalue weighted by Crippen LogP contribution is -2.00. The highest BCUT2D eigenvalue weighted by Gasteiger charge is 2.33. The first-order chi connectivity index (χ1) is 7.86. The summed E-state index contributed by atoms with van der Waals surface area (Å²) in [6.45, 7) is 0. The van der Waals surface area contributed by atoms with Crippen LogP contribution in [0.3, 0.4) is 0 Å². The van der Waals surface area contributed by atoms with E-state index in [0.29, 0.717) is 0 Å². The SMILES string of the molecule is C[N+]1=C=[N+](c2ccccc2)c2ncccc21. The van der Waals surface area contributed by atoms with Crippen molar-refractivity contribution < 1.29 is 4.58 Å². The predicted molar refractivity (Wildman–Crippen MR) is 63.0 cm³/mol. The van der Waals surface area contributed by atoms with E-state index in [9.17, 15) is 0 Å². The van der Waals surface area contributed by atoms with Gasteiger partial charge in [-0.3, -0.25) is 0 Å². The molecule has 3 rings (SSSR count). The van der Waals surface area contributed by atoms with Gasteiger partial charge in [-0.2, -0.15) is 4.98 Å². The molecule has 0 unspecified atom stereocenters. The number of hydrogen-bond acceptors (Lipinski definition) is 1. The minimum atomic E-state index is 0.927. The summed E-state index contributed by atoms with van der Waals surface area (Å²) in [7, 11) is 1.98. The maximum absolute atomic E-state index is 4.39. The highest BCUT2D eigenvalue weighted by atomic mass is 15.2. The Morgan fingerprint density at radius 3 is 2.69 bits per heavy atom. The summed E-state index contributed by atoms with van der Waals surface area (Å²) in [6.07, 6.45) is 1.80. The topological polar surface area (TPSA) is 18.9 Å². The third kappa shape index (κ3) is 1.27. The number of benzene rings is 1. The first-order valence-corrected chi connectivity index (χ1v) is 5.16. The smallest absolute Gasteiger partial charge is 0.188 e. The van der Waals surface area contributed by atoms with E-state index in [2.05, 4.69) is 11.0 Å². The molecule has 1 aromatic heterocycles. The van der Waals surface area contributed by atoms with Gasteiger partial charge >= 0.3 is 17.5 Å². The van der Waals surface area contributed by atoms with Gasteiger partial charge in [-0.25, -0.2) is 0 Å². The molecule has 0 atom stereocenters. The third-order valence-corrected chi connectivity index (χ3v) is 2.60. The number of para-hydroxylation sites is 1. The van der Waals surface area contributed by atoms with Crippen LogP contribution in [0.2, 0.25) is 0 Å². The van der Waals surface area contributed by atoms with Crippen molar-refractivity contribution in [2.75, 3.05) is 7.05 Å². The van der Waals surface area contributed by atoms with Crippen molar-refractivity contribution in [3.05, 3.63) is 48.7 Å². The zero-order valence-electron chi connectivity index (χ0n) is 8.96. The Bertz CT molecular complexity index is 608. The molecule has 0 radical (unpaired) electrons. The molecular weight excluding hydrogens is 198 g/mol. The summed E-state index contributed by atoms with van der Waals surface area (Å²) >= 11 is 0. The second-order valence-electron chi connectivity index (χ2n) is 3.68. The number of rotatable bonds is 1. The minimum absolute atomic E-state index is 0.927. The van der Waals surface area contributed by atoms with Gasteiger partial charge in [-0.1, -0.05) is 22.8 Å². The Morgan fingerprint density at radius 1 is 1.06 bits per heavy atom. The number of nitrogens with zero attached hydrogens (tertiary/aromatic N) is 3. The van der Waals surface area contributed by atoms with Gasteiger partial charge in [0.05, 0.1) is 0 Å². The lowest BCUT2D eigenvalue weighted by atomic mass is 10.3. The summed E-state index contributed by atoms with van der Waals surface area (Å²) < 4.78 is 3.92. The predicted octanol–water partition coefficient (Wildman–Crippen LogP) is 2.38. The molecule has 0 bridgehead atoms. The molecule has 0 aliphatic carbocycles.